The van der Waals surface area contributed by atoms with Crippen LogP contribution in [0.4, 0.5) is 5.69 Å². The number of carbonyl (C=O) groups excluding carboxylic acids is 1. The van der Waals surface area contributed by atoms with Crippen LogP contribution in [0.25, 0.3) is 11.0 Å². The van der Waals surface area contributed by atoms with Crippen molar-refractivity contribution in [2.45, 2.75) is 19.9 Å². The van der Waals surface area contributed by atoms with Gasteiger partial charge in [0.2, 0.25) is 5.91 Å². The number of nitrogens with zero attached hydrogens (tertiary/aromatic N) is 1. The summed E-state index contributed by atoms with van der Waals surface area (Å²) in [6.07, 6.45) is 0. The zero-order valence-electron chi connectivity index (χ0n) is 10.1. The van der Waals surface area contributed by atoms with E-state index < -0.39 is 6.04 Å². The molecule has 0 fully saturated rings. The number of nitrogens with two attached hydrogens (primary N) is 1. The van der Waals surface area contributed by atoms with Crippen LogP contribution in [0.2, 0.25) is 0 Å². The number of amides is 1. The van der Waals surface area contributed by atoms with E-state index in [1.807, 2.05) is 25.1 Å². The Morgan fingerprint density at radius 2 is 2.11 bits per heavy atom. The monoisotopic (exact) mass is 290 g/mol. The molecule has 18 heavy (non-hydrogen) atoms. The number of nitrogens with one attached hydrogen (secondary N) is 2. The molecule has 0 aliphatic carbocycles. The maximum absolute atomic E-state index is 11.4. The molecule has 0 unspecified atom stereocenters. The number of aromatic amines is 1. The Labute approximate surface area is 117 Å². The summed E-state index contributed by atoms with van der Waals surface area (Å²) in [5, 5.41) is 2.73. The van der Waals surface area contributed by atoms with Crippen LogP contribution in [0.15, 0.2) is 18.2 Å². The van der Waals surface area contributed by atoms with Crippen molar-refractivity contribution in [3.8, 4) is 0 Å². The third-order valence-electron chi connectivity index (χ3n) is 2.28. The average molecular weight is 291 g/mol. The van der Waals surface area contributed by atoms with E-state index in [1.165, 1.54) is 0 Å². The van der Waals surface area contributed by atoms with Gasteiger partial charge in [-0.2, -0.15) is 0 Å². The van der Waals surface area contributed by atoms with Crippen molar-refractivity contribution in [3.05, 3.63) is 24.0 Å². The maximum Gasteiger partial charge on any atom is 0.240 e. The van der Waals surface area contributed by atoms with Crippen molar-refractivity contribution in [3.63, 3.8) is 0 Å². The molecule has 100 valence electrons. The van der Waals surface area contributed by atoms with Crippen LogP contribution in [0, 0.1) is 6.92 Å². The Balaban J connectivity index is 0.00000144. The van der Waals surface area contributed by atoms with Gasteiger partial charge in [-0.3, -0.25) is 4.79 Å². The Morgan fingerprint density at radius 1 is 1.44 bits per heavy atom. The highest BCUT2D eigenvalue weighted by atomic mass is 35.5. The molecule has 1 amide bonds. The van der Waals surface area contributed by atoms with Crippen molar-refractivity contribution in [1.29, 1.82) is 0 Å². The maximum atomic E-state index is 11.4. The Bertz CT molecular complexity index is 539. The van der Waals surface area contributed by atoms with Gasteiger partial charge in [-0.05, 0) is 32.0 Å². The molecule has 0 saturated heterocycles. The van der Waals surface area contributed by atoms with Gasteiger partial charge in [-0.25, -0.2) is 4.98 Å². The van der Waals surface area contributed by atoms with E-state index in [0.717, 1.165) is 22.5 Å². The number of carbonyl (C=O) groups is 1. The minimum absolute atomic E-state index is 0. The molecule has 0 saturated carbocycles. The van der Waals surface area contributed by atoms with E-state index in [2.05, 4.69) is 15.3 Å². The molecule has 0 aliphatic heterocycles. The second kappa shape index (κ2) is 6.58. The smallest absolute Gasteiger partial charge is 0.240 e. The fourth-order valence-electron chi connectivity index (χ4n) is 1.47. The lowest BCUT2D eigenvalue weighted by Gasteiger charge is -2.07. The van der Waals surface area contributed by atoms with Gasteiger partial charge >= 0.3 is 0 Å². The number of benzene rings is 1. The summed E-state index contributed by atoms with van der Waals surface area (Å²) in [5.74, 6) is 0.654. The molecule has 0 bridgehead atoms. The number of aryl methyl sites for hydroxylation is 1. The molecule has 1 atom stereocenters. The number of aromatic nitrogens is 2. The fourth-order valence-corrected chi connectivity index (χ4v) is 1.47. The first-order valence-electron chi connectivity index (χ1n) is 5.09. The number of imidazole rings is 1. The molecule has 4 N–H and O–H groups in total. The first-order valence-corrected chi connectivity index (χ1v) is 5.09. The molecule has 2 aromatic rings. The normalized spacial score (nSPS) is 11.3. The number of halogens is 2. The van der Waals surface area contributed by atoms with Gasteiger partial charge in [0.15, 0.2) is 0 Å². The van der Waals surface area contributed by atoms with Gasteiger partial charge in [0, 0.05) is 5.69 Å². The van der Waals surface area contributed by atoms with Crippen LogP contribution in [0.3, 0.4) is 0 Å². The number of H-pyrrole nitrogens is 1. The predicted molar refractivity (Wildman–Crippen MR) is 77.6 cm³/mol. The van der Waals surface area contributed by atoms with Crippen LogP contribution >= 0.6 is 24.8 Å². The number of fused-ring (bicyclic) bond motifs is 1. The highest BCUT2D eigenvalue weighted by Gasteiger charge is 2.08. The second-order valence-electron chi connectivity index (χ2n) is 3.83. The van der Waals surface area contributed by atoms with Crippen molar-refractivity contribution in [2.24, 2.45) is 5.73 Å². The first-order chi connectivity index (χ1) is 7.56. The lowest BCUT2D eigenvalue weighted by atomic mass is 10.2. The summed E-state index contributed by atoms with van der Waals surface area (Å²) >= 11 is 0. The third kappa shape index (κ3) is 3.60. The van der Waals surface area contributed by atoms with E-state index in [0.29, 0.717) is 0 Å². The lowest BCUT2D eigenvalue weighted by molar-refractivity contribution is -0.117. The molecular formula is C11H16Cl2N4O. The van der Waals surface area contributed by atoms with E-state index in [4.69, 9.17) is 5.73 Å². The molecule has 0 spiro atoms. The Kier molecular flexibility index (Phi) is 6.11. The first kappa shape index (κ1) is 16.7. The molecule has 1 heterocycles. The zero-order chi connectivity index (χ0) is 11.7. The van der Waals surface area contributed by atoms with Gasteiger partial charge < -0.3 is 16.0 Å². The van der Waals surface area contributed by atoms with Crippen LogP contribution in [-0.2, 0) is 4.79 Å². The highest BCUT2D eigenvalue weighted by Crippen LogP contribution is 2.16. The summed E-state index contributed by atoms with van der Waals surface area (Å²) in [7, 11) is 0. The second-order valence-corrected chi connectivity index (χ2v) is 3.83. The summed E-state index contributed by atoms with van der Waals surface area (Å²) in [6.45, 7) is 3.54. The molecule has 1 aromatic carbocycles. The quantitative estimate of drug-likeness (QED) is 0.791. The molecule has 2 rings (SSSR count). The van der Waals surface area contributed by atoms with Crippen molar-refractivity contribution >= 4 is 47.4 Å². The Morgan fingerprint density at radius 3 is 2.72 bits per heavy atom. The van der Waals surface area contributed by atoms with Gasteiger partial charge in [-0.15, -0.1) is 24.8 Å². The van der Waals surface area contributed by atoms with Crippen LogP contribution in [-0.4, -0.2) is 21.9 Å². The SMILES string of the molecule is Cc1nc2ccc(NC(=O)[C@@H](C)N)cc2[nH]1.Cl.Cl. The van der Waals surface area contributed by atoms with Gasteiger partial charge in [-0.1, -0.05) is 0 Å². The third-order valence-corrected chi connectivity index (χ3v) is 2.28. The Hall–Kier alpha value is -1.30. The van der Waals surface area contributed by atoms with E-state index >= 15 is 0 Å². The number of hydrogen-bond donors (Lipinski definition) is 3. The largest absolute Gasteiger partial charge is 0.342 e. The summed E-state index contributed by atoms with van der Waals surface area (Å²) in [5.41, 5.74) is 7.98. The fraction of sp³-hybridized carbons (Fsp3) is 0.273. The minimum Gasteiger partial charge on any atom is -0.342 e. The highest BCUT2D eigenvalue weighted by molar-refractivity contribution is 5.96. The van der Waals surface area contributed by atoms with Gasteiger partial charge in [0.1, 0.15) is 5.82 Å². The number of hydrogen-bond acceptors (Lipinski definition) is 3. The standard InChI is InChI=1S/C11H14N4O.2ClH/c1-6(12)11(16)15-8-3-4-9-10(5-8)14-7(2)13-9;;/h3-6H,12H2,1-2H3,(H,13,14)(H,15,16);2*1H/t6-;;/m1../s1. The molecule has 7 heteroatoms. The molecule has 0 radical (unpaired) electrons. The zero-order valence-corrected chi connectivity index (χ0v) is 11.7. The van der Waals surface area contributed by atoms with E-state index in [9.17, 15) is 4.79 Å². The molecular weight excluding hydrogens is 275 g/mol. The van der Waals surface area contributed by atoms with Crippen molar-refractivity contribution in [2.75, 3.05) is 5.32 Å². The summed E-state index contributed by atoms with van der Waals surface area (Å²) in [4.78, 5) is 18.8. The van der Waals surface area contributed by atoms with Crippen LogP contribution in [0.5, 0.6) is 0 Å². The predicted octanol–water partition coefficient (Wildman–Crippen LogP) is 2.00. The van der Waals surface area contributed by atoms with Gasteiger partial charge in [0.05, 0.1) is 17.1 Å². The topological polar surface area (TPSA) is 83.8 Å². The lowest BCUT2D eigenvalue weighted by Crippen LogP contribution is -2.32. The van der Waals surface area contributed by atoms with Crippen LogP contribution < -0.4 is 11.1 Å². The number of anilines is 1. The minimum atomic E-state index is -0.515. The van der Waals surface area contributed by atoms with E-state index in [1.54, 1.807) is 6.92 Å². The number of rotatable bonds is 2. The molecule has 0 aliphatic rings. The molecule has 1 aromatic heterocycles. The average Bonchev–Trinajstić information content (AvgIpc) is 2.57. The summed E-state index contributed by atoms with van der Waals surface area (Å²) < 4.78 is 0. The molecule has 5 nitrogen and oxygen atoms in total. The van der Waals surface area contributed by atoms with Crippen molar-refractivity contribution < 1.29 is 4.79 Å². The van der Waals surface area contributed by atoms with Crippen molar-refractivity contribution in [1.82, 2.24) is 9.97 Å². The summed E-state index contributed by atoms with van der Waals surface area (Å²) in [6, 6.07) is 4.99. The van der Waals surface area contributed by atoms with Crippen LogP contribution in [0.1, 0.15) is 12.7 Å². The van der Waals surface area contributed by atoms with Gasteiger partial charge in [0.25, 0.3) is 0 Å². The van der Waals surface area contributed by atoms with E-state index in [-0.39, 0.29) is 30.7 Å².